The lowest BCUT2D eigenvalue weighted by molar-refractivity contribution is 0.483. The molecule has 2 atom stereocenters. The maximum atomic E-state index is 3.51. The third-order valence-corrected chi connectivity index (χ3v) is 1.92. The molecule has 0 aromatic rings. The van der Waals surface area contributed by atoms with Crippen LogP contribution in [0.15, 0.2) is 0 Å². The molecule has 0 aliphatic carbocycles. The minimum Gasteiger partial charge on any atom is -0.313 e. The first-order chi connectivity index (χ1) is 4.68. The Kier molecular flexibility index (Phi) is 2.69. The van der Waals surface area contributed by atoms with Gasteiger partial charge in [0.15, 0.2) is 0 Å². The fourth-order valence-corrected chi connectivity index (χ4v) is 1.54. The molecule has 0 saturated carbocycles. The molecule has 1 heterocycles. The van der Waals surface area contributed by atoms with Crippen LogP contribution in [0.1, 0.15) is 27.2 Å². The van der Waals surface area contributed by atoms with Crippen molar-refractivity contribution >= 4 is 0 Å². The fourth-order valence-electron chi connectivity index (χ4n) is 1.54. The number of hydrogen-bond donors (Lipinski definition) is 2. The third-order valence-electron chi connectivity index (χ3n) is 1.92. The number of nitrogens with one attached hydrogen (secondary N) is 2. The van der Waals surface area contributed by atoms with Gasteiger partial charge in [0.05, 0.1) is 0 Å². The monoisotopic (exact) mass is 142 g/mol. The van der Waals surface area contributed by atoms with E-state index in [0.29, 0.717) is 18.1 Å². The first-order valence-electron chi connectivity index (χ1n) is 4.18. The lowest BCUT2D eigenvalue weighted by Gasteiger charge is -2.14. The van der Waals surface area contributed by atoms with E-state index in [0.717, 1.165) is 6.54 Å². The molecule has 0 spiro atoms. The minimum atomic E-state index is 0.622. The van der Waals surface area contributed by atoms with Gasteiger partial charge in [0.1, 0.15) is 0 Å². The smallest absolute Gasteiger partial charge is 0.0209 e. The lowest BCUT2D eigenvalue weighted by atomic mass is 10.2. The minimum absolute atomic E-state index is 0.622. The van der Waals surface area contributed by atoms with Gasteiger partial charge in [-0.15, -0.1) is 0 Å². The molecule has 2 nitrogen and oxygen atoms in total. The van der Waals surface area contributed by atoms with Crippen molar-refractivity contribution in [2.45, 2.75) is 45.3 Å². The van der Waals surface area contributed by atoms with Crippen LogP contribution in [0.2, 0.25) is 0 Å². The molecule has 1 aliphatic heterocycles. The molecule has 0 amide bonds. The maximum Gasteiger partial charge on any atom is 0.0209 e. The van der Waals surface area contributed by atoms with Crippen LogP contribution in [-0.2, 0) is 0 Å². The zero-order chi connectivity index (χ0) is 7.56. The van der Waals surface area contributed by atoms with E-state index >= 15 is 0 Å². The normalized spacial score (nSPS) is 33.6. The maximum absolute atomic E-state index is 3.51. The summed E-state index contributed by atoms with van der Waals surface area (Å²) >= 11 is 0. The summed E-state index contributed by atoms with van der Waals surface area (Å²) in [5.41, 5.74) is 0. The highest BCUT2D eigenvalue weighted by atomic mass is 15.1. The van der Waals surface area contributed by atoms with Crippen molar-refractivity contribution in [3.8, 4) is 0 Å². The van der Waals surface area contributed by atoms with Crippen LogP contribution < -0.4 is 10.6 Å². The quantitative estimate of drug-likeness (QED) is 0.594. The van der Waals surface area contributed by atoms with E-state index in [1.165, 1.54) is 6.42 Å². The largest absolute Gasteiger partial charge is 0.313 e. The molecular weight excluding hydrogens is 124 g/mol. The van der Waals surface area contributed by atoms with E-state index in [4.69, 9.17) is 0 Å². The molecule has 10 heavy (non-hydrogen) atoms. The fraction of sp³-hybridized carbons (Fsp3) is 1.00. The molecule has 60 valence electrons. The highest BCUT2D eigenvalue weighted by molar-refractivity contribution is 4.84. The van der Waals surface area contributed by atoms with Crippen molar-refractivity contribution in [2.75, 3.05) is 6.54 Å². The molecule has 1 saturated heterocycles. The summed E-state index contributed by atoms with van der Waals surface area (Å²) in [6.07, 6.45) is 1.28. The Balaban J connectivity index is 2.18. The van der Waals surface area contributed by atoms with Crippen molar-refractivity contribution in [1.29, 1.82) is 0 Å². The second kappa shape index (κ2) is 3.35. The highest BCUT2D eigenvalue weighted by Crippen LogP contribution is 2.05. The zero-order valence-electron chi connectivity index (χ0n) is 7.15. The van der Waals surface area contributed by atoms with Crippen molar-refractivity contribution < 1.29 is 0 Å². The summed E-state index contributed by atoms with van der Waals surface area (Å²) in [6.45, 7) is 7.77. The van der Waals surface area contributed by atoms with Gasteiger partial charge in [-0.2, -0.15) is 0 Å². The van der Waals surface area contributed by atoms with E-state index in [9.17, 15) is 0 Å². The molecule has 1 aliphatic rings. The first kappa shape index (κ1) is 8.02. The van der Waals surface area contributed by atoms with Crippen LogP contribution in [-0.4, -0.2) is 24.7 Å². The van der Waals surface area contributed by atoms with Gasteiger partial charge in [0, 0.05) is 24.7 Å². The molecule has 1 unspecified atom stereocenters. The van der Waals surface area contributed by atoms with E-state index in [2.05, 4.69) is 31.4 Å². The van der Waals surface area contributed by atoms with Crippen molar-refractivity contribution in [1.82, 2.24) is 10.6 Å². The Bertz CT molecular complexity index is 101. The Morgan fingerprint density at radius 3 is 2.60 bits per heavy atom. The summed E-state index contributed by atoms with van der Waals surface area (Å²) in [6, 6.07) is 2.03. The van der Waals surface area contributed by atoms with Gasteiger partial charge in [-0.3, -0.25) is 0 Å². The molecule has 0 radical (unpaired) electrons. The van der Waals surface area contributed by atoms with Gasteiger partial charge in [0.25, 0.3) is 0 Å². The zero-order valence-corrected chi connectivity index (χ0v) is 7.15. The Labute approximate surface area is 63.4 Å². The molecule has 2 N–H and O–H groups in total. The van der Waals surface area contributed by atoms with Gasteiger partial charge < -0.3 is 10.6 Å². The van der Waals surface area contributed by atoms with Crippen LogP contribution in [0, 0.1) is 0 Å². The molecule has 1 fully saturated rings. The summed E-state index contributed by atoms with van der Waals surface area (Å²) in [5.74, 6) is 0. The van der Waals surface area contributed by atoms with Crippen molar-refractivity contribution in [2.24, 2.45) is 0 Å². The Morgan fingerprint density at radius 2 is 2.20 bits per heavy atom. The van der Waals surface area contributed by atoms with Gasteiger partial charge in [-0.05, 0) is 13.3 Å². The highest BCUT2D eigenvalue weighted by Gasteiger charge is 2.19. The summed E-state index contributed by atoms with van der Waals surface area (Å²) in [5, 5.41) is 6.92. The van der Waals surface area contributed by atoms with E-state index < -0.39 is 0 Å². The Morgan fingerprint density at radius 1 is 1.50 bits per heavy atom. The van der Waals surface area contributed by atoms with Crippen LogP contribution >= 0.6 is 0 Å². The van der Waals surface area contributed by atoms with E-state index in [-0.39, 0.29) is 0 Å². The molecule has 0 aromatic heterocycles. The van der Waals surface area contributed by atoms with Crippen molar-refractivity contribution in [3.63, 3.8) is 0 Å². The second-order valence-corrected chi connectivity index (χ2v) is 3.56. The summed E-state index contributed by atoms with van der Waals surface area (Å²) < 4.78 is 0. The van der Waals surface area contributed by atoms with Crippen LogP contribution in [0.25, 0.3) is 0 Å². The Hall–Kier alpha value is -0.0800. The van der Waals surface area contributed by atoms with Gasteiger partial charge in [0.2, 0.25) is 0 Å². The standard InChI is InChI=1S/C8H18N2/c1-6(2)10-8-4-7(3)9-5-8/h6-10H,4-5H2,1-3H3/t7?,8-/m1/s1. The average molecular weight is 142 g/mol. The predicted molar refractivity (Wildman–Crippen MR) is 44.1 cm³/mol. The van der Waals surface area contributed by atoms with E-state index in [1.807, 2.05) is 0 Å². The first-order valence-corrected chi connectivity index (χ1v) is 4.18. The number of hydrogen-bond acceptors (Lipinski definition) is 2. The molecule has 0 aromatic carbocycles. The van der Waals surface area contributed by atoms with Crippen molar-refractivity contribution in [3.05, 3.63) is 0 Å². The molecule has 1 rings (SSSR count). The SMILES string of the molecule is CC(C)N[C@H]1CNC(C)C1. The molecule has 0 bridgehead atoms. The number of rotatable bonds is 2. The summed E-state index contributed by atoms with van der Waals surface area (Å²) in [4.78, 5) is 0. The topological polar surface area (TPSA) is 24.1 Å². The average Bonchev–Trinajstić information content (AvgIpc) is 2.13. The van der Waals surface area contributed by atoms with Gasteiger partial charge in [-0.1, -0.05) is 13.8 Å². The molecular formula is C8H18N2. The van der Waals surface area contributed by atoms with Crippen LogP contribution in [0.4, 0.5) is 0 Å². The van der Waals surface area contributed by atoms with Crippen LogP contribution in [0.3, 0.4) is 0 Å². The third kappa shape index (κ3) is 2.27. The predicted octanol–water partition coefficient (Wildman–Crippen LogP) is 0.735. The van der Waals surface area contributed by atoms with E-state index in [1.54, 1.807) is 0 Å². The van der Waals surface area contributed by atoms with Gasteiger partial charge in [-0.25, -0.2) is 0 Å². The molecule has 2 heteroatoms. The van der Waals surface area contributed by atoms with Crippen LogP contribution in [0.5, 0.6) is 0 Å². The lowest BCUT2D eigenvalue weighted by Crippen LogP contribution is -2.35. The summed E-state index contributed by atoms with van der Waals surface area (Å²) in [7, 11) is 0. The second-order valence-electron chi connectivity index (χ2n) is 3.56. The van der Waals surface area contributed by atoms with Gasteiger partial charge >= 0.3 is 0 Å².